The summed E-state index contributed by atoms with van der Waals surface area (Å²) in [5, 5.41) is 0.585. The van der Waals surface area contributed by atoms with E-state index in [9.17, 15) is 0 Å². The summed E-state index contributed by atoms with van der Waals surface area (Å²) in [6.07, 6.45) is 3.42. The number of aryl methyl sites for hydroxylation is 1. The molecule has 1 fully saturated rings. The molecule has 0 aromatic heterocycles. The number of halogens is 1. The van der Waals surface area contributed by atoms with Crippen LogP contribution in [-0.2, 0) is 5.41 Å². The summed E-state index contributed by atoms with van der Waals surface area (Å²) in [5.41, 5.74) is 8.32. The Labute approximate surface area is 113 Å². The van der Waals surface area contributed by atoms with Crippen molar-refractivity contribution < 1.29 is 9.47 Å². The molecule has 0 spiro atoms. The fourth-order valence-electron chi connectivity index (χ4n) is 2.93. The molecule has 18 heavy (non-hydrogen) atoms. The molecule has 1 aliphatic carbocycles. The van der Waals surface area contributed by atoms with Crippen LogP contribution in [0.25, 0.3) is 0 Å². The first kappa shape index (κ1) is 13.5. The maximum atomic E-state index is 6.20. The Balaban J connectivity index is 2.65. The van der Waals surface area contributed by atoms with E-state index in [0.717, 1.165) is 24.2 Å². The predicted molar refractivity (Wildman–Crippen MR) is 73.9 cm³/mol. The van der Waals surface area contributed by atoms with Gasteiger partial charge >= 0.3 is 0 Å². The molecular formula is C14H20ClNO2. The first-order valence-corrected chi connectivity index (χ1v) is 6.59. The van der Waals surface area contributed by atoms with Gasteiger partial charge in [-0.25, -0.2) is 0 Å². The van der Waals surface area contributed by atoms with E-state index < -0.39 is 0 Å². The van der Waals surface area contributed by atoms with E-state index in [2.05, 4.69) is 6.92 Å². The van der Waals surface area contributed by atoms with Crippen molar-refractivity contribution in [1.82, 2.24) is 0 Å². The fourth-order valence-corrected chi connectivity index (χ4v) is 3.26. The van der Waals surface area contributed by atoms with E-state index in [1.54, 1.807) is 14.2 Å². The van der Waals surface area contributed by atoms with Crippen LogP contribution in [0.2, 0.25) is 5.02 Å². The normalized spacial score (nSPS) is 17.2. The van der Waals surface area contributed by atoms with Crippen LogP contribution in [0.5, 0.6) is 11.5 Å². The Hall–Kier alpha value is -0.930. The van der Waals surface area contributed by atoms with Crippen LogP contribution in [0.4, 0.5) is 0 Å². The summed E-state index contributed by atoms with van der Waals surface area (Å²) in [4.78, 5) is 0. The molecule has 0 atom stereocenters. The molecule has 2 N–H and O–H groups in total. The van der Waals surface area contributed by atoms with Gasteiger partial charge in [0, 0.05) is 17.5 Å². The lowest BCUT2D eigenvalue weighted by Crippen LogP contribution is -2.42. The van der Waals surface area contributed by atoms with Crippen molar-refractivity contribution in [3.8, 4) is 11.5 Å². The van der Waals surface area contributed by atoms with Gasteiger partial charge in [0.2, 0.25) is 0 Å². The highest BCUT2D eigenvalue weighted by Crippen LogP contribution is 2.52. The van der Waals surface area contributed by atoms with Gasteiger partial charge in [-0.15, -0.1) is 0 Å². The van der Waals surface area contributed by atoms with E-state index >= 15 is 0 Å². The number of rotatable bonds is 4. The molecule has 0 saturated heterocycles. The molecule has 3 nitrogen and oxygen atoms in total. The minimum Gasteiger partial charge on any atom is -0.492 e. The zero-order chi connectivity index (χ0) is 13.3. The molecule has 0 heterocycles. The number of benzene rings is 1. The summed E-state index contributed by atoms with van der Waals surface area (Å²) in [7, 11) is 3.26. The van der Waals surface area contributed by atoms with E-state index in [4.69, 9.17) is 26.8 Å². The van der Waals surface area contributed by atoms with Gasteiger partial charge in [-0.1, -0.05) is 18.0 Å². The highest BCUT2D eigenvalue weighted by Gasteiger charge is 2.41. The zero-order valence-electron chi connectivity index (χ0n) is 11.2. The molecule has 2 rings (SSSR count). The number of methoxy groups -OCH3 is 2. The number of hydrogen-bond donors (Lipinski definition) is 1. The third-order valence-corrected chi connectivity index (χ3v) is 4.31. The average Bonchev–Trinajstić information content (AvgIpc) is 2.30. The molecule has 0 bridgehead atoms. The van der Waals surface area contributed by atoms with Gasteiger partial charge in [0.1, 0.15) is 0 Å². The molecule has 0 aliphatic heterocycles. The SMILES string of the molecule is COc1c(Cl)cc(C)c(C2(CN)CCC2)c1OC. The highest BCUT2D eigenvalue weighted by atomic mass is 35.5. The predicted octanol–water partition coefficient (Wildman–Crippen LogP) is 3.05. The minimum absolute atomic E-state index is 0.0350. The van der Waals surface area contributed by atoms with Gasteiger partial charge in [-0.05, 0) is 31.4 Å². The Kier molecular flexibility index (Phi) is 3.74. The maximum Gasteiger partial charge on any atom is 0.179 e. The lowest BCUT2D eigenvalue weighted by Gasteiger charge is -2.43. The second-order valence-electron chi connectivity index (χ2n) is 4.95. The monoisotopic (exact) mass is 269 g/mol. The number of ether oxygens (including phenoxy) is 2. The van der Waals surface area contributed by atoms with Gasteiger partial charge < -0.3 is 15.2 Å². The summed E-state index contributed by atoms with van der Waals surface area (Å²) >= 11 is 6.20. The molecule has 0 unspecified atom stereocenters. The Morgan fingerprint density at radius 3 is 2.28 bits per heavy atom. The van der Waals surface area contributed by atoms with E-state index in [1.165, 1.54) is 12.0 Å². The fraction of sp³-hybridized carbons (Fsp3) is 0.571. The van der Waals surface area contributed by atoms with Crippen molar-refractivity contribution in [2.24, 2.45) is 5.73 Å². The lowest BCUT2D eigenvalue weighted by molar-refractivity contribution is 0.239. The first-order valence-electron chi connectivity index (χ1n) is 6.21. The third-order valence-electron chi connectivity index (χ3n) is 4.03. The van der Waals surface area contributed by atoms with Crippen molar-refractivity contribution in [3.05, 3.63) is 22.2 Å². The van der Waals surface area contributed by atoms with Crippen LogP contribution in [0.15, 0.2) is 6.07 Å². The van der Waals surface area contributed by atoms with Gasteiger partial charge in [0.15, 0.2) is 11.5 Å². The van der Waals surface area contributed by atoms with Crippen molar-refractivity contribution in [1.29, 1.82) is 0 Å². The Morgan fingerprint density at radius 1 is 1.28 bits per heavy atom. The molecule has 0 amide bonds. The minimum atomic E-state index is 0.0350. The van der Waals surface area contributed by atoms with Crippen molar-refractivity contribution >= 4 is 11.6 Å². The molecular weight excluding hydrogens is 250 g/mol. The van der Waals surface area contributed by atoms with Crippen molar-refractivity contribution in [2.45, 2.75) is 31.6 Å². The van der Waals surface area contributed by atoms with Crippen molar-refractivity contribution in [2.75, 3.05) is 20.8 Å². The van der Waals surface area contributed by atoms with E-state index in [0.29, 0.717) is 17.3 Å². The van der Waals surface area contributed by atoms with Gasteiger partial charge in [0.25, 0.3) is 0 Å². The van der Waals surface area contributed by atoms with Crippen LogP contribution in [0.1, 0.15) is 30.4 Å². The van der Waals surface area contributed by atoms with Gasteiger partial charge in [0.05, 0.1) is 19.2 Å². The summed E-state index contributed by atoms with van der Waals surface area (Å²) in [6.45, 7) is 2.69. The van der Waals surface area contributed by atoms with Gasteiger partial charge in [-0.2, -0.15) is 0 Å². The summed E-state index contributed by atoms with van der Waals surface area (Å²) in [6, 6.07) is 1.94. The third kappa shape index (κ3) is 1.86. The van der Waals surface area contributed by atoms with Crippen LogP contribution in [-0.4, -0.2) is 20.8 Å². The number of hydrogen-bond acceptors (Lipinski definition) is 3. The largest absolute Gasteiger partial charge is 0.492 e. The highest BCUT2D eigenvalue weighted by molar-refractivity contribution is 6.32. The van der Waals surface area contributed by atoms with Crippen molar-refractivity contribution in [3.63, 3.8) is 0 Å². The molecule has 1 aliphatic rings. The molecule has 0 radical (unpaired) electrons. The molecule has 1 aromatic rings. The smallest absolute Gasteiger partial charge is 0.179 e. The standard InChI is InChI=1S/C14H20ClNO2/c1-9-7-10(15)12(17-2)13(18-3)11(9)14(8-16)5-4-6-14/h7H,4-6,8,16H2,1-3H3. The van der Waals surface area contributed by atoms with Crippen LogP contribution in [0, 0.1) is 6.92 Å². The van der Waals surface area contributed by atoms with Crippen LogP contribution >= 0.6 is 11.6 Å². The van der Waals surface area contributed by atoms with E-state index in [-0.39, 0.29) is 5.41 Å². The quantitative estimate of drug-likeness (QED) is 0.914. The summed E-state index contributed by atoms with van der Waals surface area (Å²) in [5.74, 6) is 1.35. The van der Waals surface area contributed by atoms with Crippen LogP contribution < -0.4 is 15.2 Å². The van der Waals surface area contributed by atoms with E-state index in [1.807, 2.05) is 6.07 Å². The number of nitrogens with two attached hydrogens (primary N) is 1. The molecule has 100 valence electrons. The molecule has 1 saturated carbocycles. The summed E-state index contributed by atoms with van der Waals surface area (Å²) < 4.78 is 10.9. The lowest BCUT2D eigenvalue weighted by atomic mass is 9.63. The van der Waals surface area contributed by atoms with Crippen LogP contribution in [0.3, 0.4) is 0 Å². The molecule has 4 heteroatoms. The average molecular weight is 270 g/mol. The van der Waals surface area contributed by atoms with Gasteiger partial charge in [-0.3, -0.25) is 0 Å². The topological polar surface area (TPSA) is 44.5 Å². The Morgan fingerprint density at radius 2 is 1.89 bits per heavy atom. The first-order chi connectivity index (χ1) is 8.59. The second-order valence-corrected chi connectivity index (χ2v) is 5.36. The second kappa shape index (κ2) is 4.98. The molecule has 1 aromatic carbocycles. The zero-order valence-corrected chi connectivity index (χ0v) is 11.9. The Bertz CT molecular complexity index is 450. The maximum absolute atomic E-state index is 6.20.